The summed E-state index contributed by atoms with van der Waals surface area (Å²) in [7, 11) is -5.82. The quantitative estimate of drug-likeness (QED) is 0.325. The van der Waals surface area contributed by atoms with Crippen molar-refractivity contribution >= 4 is 16.1 Å². The lowest BCUT2D eigenvalue weighted by Gasteiger charge is -2.12. The Kier molecular flexibility index (Phi) is 4.81. The maximum Gasteiger partial charge on any atom is 0.465 e. The van der Waals surface area contributed by atoms with E-state index < -0.39 is 27.9 Å². The first kappa shape index (κ1) is 14.8. The third-order valence-electron chi connectivity index (χ3n) is 1.23. The van der Waals surface area contributed by atoms with Gasteiger partial charge in [-0.15, -0.1) is 0 Å². The molecular formula is C7H10F2O6S. The van der Waals surface area contributed by atoms with E-state index in [1.54, 1.807) is 0 Å². The third-order valence-corrected chi connectivity index (χ3v) is 2.04. The van der Waals surface area contributed by atoms with Crippen molar-refractivity contribution in [1.29, 1.82) is 0 Å². The predicted molar refractivity (Wildman–Crippen MR) is 48.2 cm³/mol. The van der Waals surface area contributed by atoms with E-state index in [-0.39, 0.29) is 12.4 Å². The number of alkyl halides is 2. The summed E-state index contributed by atoms with van der Waals surface area (Å²) in [4.78, 5) is 10.6. The standard InChI is InChI=1S/C7H10F2O6S/c1-5(2)14-3-4-15-6(10)7(8,9)16(11,12)13/h1,3-4H2,2H3,(H,11,12,13). The largest absolute Gasteiger partial charge is 0.495 e. The lowest BCUT2D eigenvalue weighted by atomic mass is 10.6. The van der Waals surface area contributed by atoms with Gasteiger partial charge in [0.25, 0.3) is 0 Å². The van der Waals surface area contributed by atoms with Gasteiger partial charge in [0.1, 0.15) is 13.2 Å². The summed E-state index contributed by atoms with van der Waals surface area (Å²) in [6.07, 6.45) is 0. The molecule has 0 saturated heterocycles. The highest BCUT2D eigenvalue weighted by molar-refractivity contribution is 7.87. The second-order valence-corrected chi connectivity index (χ2v) is 4.14. The Bertz CT molecular complexity index is 374. The fraction of sp³-hybridized carbons (Fsp3) is 0.571. The first-order valence-electron chi connectivity index (χ1n) is 3.89. The summed E-state index contributed by atoms with van der Waals surface area (Å²) in [6.45, 7) is 3.96. The van der Waals surface area contributed by atoms with Crippen LogP contribution in [0.5, 0.6) is 0 Å². The fourth-order valence-electron chi connectivity index (χ4n) is 0.540. The predicted octanol–water partition coefficient (Wildman–Crippen LogP) is 0.560. The number of esters is 1. The molecule has 0 fully saturated rings. The highest BCUT2D eigenvalue weighted by atomic mass is 32.2. The summed E-state index contributed by atoms with van der Waals surface area (Å²) in [5, 5.41) is -4.98. The monoisotopic (exact) mass is 260 g/mol. The van der Waals surface area contributed by atoms with Gasteiger partial charge in [0, 0.05) is 0 Å². The zero-order chi connectivity index (χ0) is 13.0. The van der Waals surface area contributed by atoms with Crippen LogP contribution in [0.25, 0.3) is 0 Å². The van der Waals surface area contributed by atoms with Crippen LogP contribution < -0.4 is 0 Å². The molecule has 94 valence electrons. The number of halogens is 2. The van der Waals surface area contributed by atoms with E-state index in [0.717, 1.165) is 0 Å². The van der Waals surface area contributed by atoms with Crippen LogP contribution in [0.3, 0.4) is 0 Å². The summed E-state index contributed by atoms with van der Waals surface area (Å²) < 4.78 is 61.9. The maximum atomic E-state index is 12.5. The molecular weight excluding hydrogens is 250 g/mol. The average Bonchev–Trinajstić information content (AvgIpc) is 2.09. The van der Waals surface area contributed by atoms with Gasteiger partial charge in [-0.3, -0.25) is 4.55 Å². The molecule has 0 heterocycles. The Morgan fingerprint density at radius 2 is 1.81 bits per heavy atom. The van der Waals surface area contributed by atoms with Gasteiger partial charge in [0.05, 0.1) is 5.76 Å². The molecule has 0 aliphatic carbocycles. The van der Waals surface area contributed by atoms with Crippen molar-refractivity contribution in [3.05, 3.63) is 12.3 Å². The molecule has 0 aromatic heterocycles. The topological polar surface area (TPSA) is 89.9 Å². The van der Waals surface area contributed by atoms with Crippen molar-refractivity contribution in [2.24, 2.45) is 0 Å². The Morgan fingerprint density at radius 1 is 1.38 bits per heavy atom. The van der Waals surface area contributed by atoms with Crippen LogP contribution in [-0.4, -0.2) is 37.4 Å². The number of allylic oxidation sites excluding steroid dienone is 1. The van der Waals surface area contributed by atoms with Gasteiger partial charge >= 0.3 is 21.3 Å². The number of carbonyl (C=O) groups excluding carboxylic acids is 1. The van der Waals surface area contributed by atoms with E-state index in [9.17, 15) is 22.0 Å². The SMILES string of the molecule is C=C(C)OCCOC(=O)C(F)(F)S(=O)(=O)O. The molecule has 0 aromatic rings. The Morgan fingerprint density at radius 3 is 2.19 bits per heavy atom. The summed E-state index contributed by atoms with van der Waals surface area (Å²) in [5.41, 5.74) is 0. The molecule has 0 spiro atoms. The molecule has 0 atom stereocenters. The molecule has 16 heavy (non-hydrogen) atoms. The Labute approximate surface area is 90.6 Å². The zero-order valence-corrected chi connectivity index (χ0v) is 9.09. The second-order valence-electron chi connectivity index (χ2n) is 2.68. The number of carbonyl (C=O) groups is 1. The molecule has 0 aliphatic heterocycles. The first-order valence-corrected chi connectivity index (χ1v) is 5.33. The van der Waals surface area contributed by atoms with Crippen molar-refractivity contribution < 1.29 is 36.0 Å². The third kappa shape index (κ3) is 4.11. The molecule has 0 unspecified atom stereocenters. The van der Waals surface area contributed by atoms with Crippen LogP contribution in [0.15, 0.2) is 12.3 Å². The van der Waals surface area contributed by atoms with Gasteiger partial charge in [-0.1, -0.05) is 6.58 Å². The molecule has 0 radical (unpaired) electrons. The minimum Gasteiger partial charge on any atom is -0.495 e. The van der Waals surface area contributed by atoms with E-state index in [1.807, 2.05) is 0 Å². The summed E-state index contributed by atoms with van der Waals surface area (Å²) >= 11 is 0. The number of rotatable bonds is 6. The van der Waals surface area contributed by atoms with Gasteiger partial charge in [-0.2, -0.15) is 17.2 Å². The normalized spacial score (nSPS) is 12.0. The second kappa shape index (κ2) is 5.21. The summed E-state index contributed by atoms with van der Waals surface area (Å²) in [5.74, 6) is -2.09. The number of hydrogen-bond acceptors (Lipinski definition) is 5. The minimum atomic E-state index is -5.82. The molecule has 0 amide bonds. The Balaban J connectivity index is 4.23. The van der Waals surface area contributed by atoms with Crippen molar-refractivity contribution in [3.63, 3.8) is 0 Å². The van der Waals surface area contributed by atoms with Crippen molar-refractivity contribution in [1.82, 2.24) is 0 Å². The van der Waals surface area contributed by atoms with E-state index in [0.29, 0.717) is 0 Å². The molecule has 9 heteroatoms. The van der Waals surface area contributed by atoms with Gasteiger partial charge in [-0.25, -0.2) is 4.79 Å². The maximum absolute atomic E-state index is 12.5. The number of ether oxygens (including phenoxy) is 2. The van der Waals surface area contributed by atoms with Crippen LogP contribution in [0.1, 0.15) is 6.92 Å². The van der Waals surface area contributed by atoms with Gasteiger partial charge in [0.15, 0.2) is 0 Å². The highest BCUT2D eigenvalue weighted by Crippen LogP contribution is 2.21. The molecule has 0 rings (SSSR count). The molecule has 0 saturated carbocycles. The van der Waals surface area contributed by atoms with Crippen molar-refractivity contribution in [3.8, 4) is 0 Å². The van der Waals surface area contributed by atoms with E-state index >= 15 is 0 Å². The molecule has 1 N–H and O–H groups in total. The highest BCUT2D eigenvalue weighted by Gasteiger charge is 2.54. The van der Waals surface area contributed by atoms with Gasteiger partial charge in [0.2, 0.25) is 0 Å². The average molecular weight is 260 g/mol. The first-order chi connectivity index (χ1) is 7.09. The fourth-order valence-corrected chi connectivity index (χ4v) is 0.809. The minimum absolute atomic E-state index is 0.247. The zero-order valence-electron chi connectivity index (χ0n) is 8.27. The lowest BCUT2D eigenvalue weighted by molar-refractivity contribution is -0.162. The Hall–Kier alpha value is -1.22. The summed E-state index contributed by atoms with van der Waals surface area (Å²) in [6, 6.07) is 0. The van der Waals surface area contributed by atoms with E-state index in [4.69, 9.17) is 4.55 Å². The van der Waals surface area contributed by atoms with Crippen LogP contribution in [0.2, 0.25) is 0 Å². The smallest absolute Gasteiger partial charge is 0.465 e. The van der Waals surface area contributed by atoms with Crippen LogP contribution >= 0.6 is 0 Å². The van der Waals surface area contributed by atoms with E-state index in [2.05, 4.69) is 16.1 Å². The molecule has 0 aromatic carbocycles. The molecule has 0 aliphatic rings. The van der Waals surface area contributed by atoms with Crippen LogP contribution in [-0.2, 0) is 24.4 Å². The van der Waals surface area contributed by atoms with Crippen molar-refractivity contribution in [2.45, 2.75) is 12.2 Å². The number of hydrogen-bond donors (Lipinski definition) is 1. The van der Waals surface area contributed by atoms with Crippen LogP contribution in [0.4, 0.5) is 8.78 Å². The van der Waals surface area contributed by atoms with Crippen LogP contribution in [0, 0.1) is 0 Å². The van der Waals surface area contributed by atoms with Crippen molar-refractivity contribution in [2.75, 3.05) is 13.2 Å². The van der Waals surface area contributed by atoms with E-state index in [1.165, 1.54) is 6.92 Å². The van der Waals surface area contributed by atoms with Gasteiger partial charge < -0.3 is 9.47 Å². The lowest BCUT2D eigenvalue weighted by Crippen LogP contribution is -2.39. The molecule has 0 bridgehead atoms. The van der Waals surface area contributed by atoms with Gasteiger partial charge in [-0.05, 0) is 6.92 Å². The molecule has 6 nitrogen and oxygen atoms in total.